The second kappa shape index (κ2) is 11.0. The molecule has 0 spiro atoms. The predicted molar refractivity (Wildman–Crippen MR) is 86.0 cm³/mol. The Bertz CT molecular complexity index is 426. The van der Waals surface area contributed by atoms with Crippen molar-refractivity contribution in [1.82, 2.24) is 0 Å². The van der Waals surface area contributed by atoms with Crippen LogP contribution in [0.15, 0.2) is 36.9 Å². The summed E-state index contributed by atoms with van der Waals surface area (Å²) in [6, 6.07) is 6.79. The maximum atomic E-state index is 11.0. The lowest BCUT2D eigenvalue weighted by atomic mass is 10.1. The number of hydrogen-bond donors (Lipinski definition) is 1. The van der Waals surface area contributed by atoms with E-state index in [-0.39, 0.29) is 5.56 Å². The molecule has 1 aromatic rings. The summed E-state index contributed by atoms with van der Waals surface area (Å²) in [6.07, 6.45) is 11.5. The van der Waals surface area contributed by atoms with Crippen LogP contribution in [0, 0.1) is 0 Å². The van der Waals surface area contributed by atoms with E-state index >= 15 is 0 Å². The van der Waals surface area contributed by atoms with Gasteiger partial charge in [-0.15, -0.1) is 6.58 Å². The lowest BCUT2D eigenvalue weighted by Crippen LogP contribution is -2.04. The fourth-order valence-electron chi connectivity index (χ4n) is 2.23. The van der Waals surface area contributed by atoms with E-state index in [1.807, 2.05) is 6.08 Å². The molecule has 0 aliphatic carbocycles. The minimum absolute atomic E-state index is 0.236. The molecule has 0 aromatic heterocycles. The Kier molecular flexibility index (Phi) is 9.01. The molecule has 1 aromatic carbocycles. The van der Waals surface area contributed by atoms with Crippen molar-refractivity contribution >= 4 is 5.97 Å². The Labute approximate surface area is 127 Å². The third kappa shape index (κ3) is 7.54. The number of unbranched alkanes of at least 4 members (excludes halogenated alkanes) is 7. The molecule has 0 amide bonds. The van der Waals surface area contributed by atoms with Gasteiger partial charge < -0.3 is 9.84 Å². The molecule has 0 fully saturated rings. The SMILES string of the molecule is C=CCCCCCCCCCOc1ccccc1C(=O)O. The fraction of sp³-hybridized carbons (Fsp3) is 0.500. The summed E-state index contributed by atoms with van der Waals surface area (Å²) in [5.74, 6) is -0.473. The van der Waals surface area contributed by atoms with E-state index in [1.165, 1.54) is 32.1 Å². The topological polar surface area (TPSA) is 46.5 Å². The number of benzene rings is 1. The van der Waals surface area contributed by atoms with Gasteiger partial charge >= 0.3 is 5.97 Å². The van der Waals surface area contributed by atoms with Crippen LogP contribution in [0.1, 0.15) is 61.7 Å². The molecule has 1 rings (SSSR count). The second-order valence-electron chi connectivity index (χ2n) is 5.20. The number of ether oxygens (including phenoxy) is 1. The molecule has 0 saturated carbocycles. The van der Waals surface area contributed by atoms with Crippen LogP contribution in [0.25, 0.3) is 0 Å². The van der Waals surface area contributed by atoms with Gasteiger partial charge in [0.1, 0.15) is 11.3 Å². The summed E-state index contributed by atoms with van der Waals surface area (Å²) in [5, 5.41) is 9.04. The van der Waals surface area contributed by atoms with E-state index in [4.69, 9.17) is 9.84 Å². The molecule has 0 bridgehead atoms. The van der Waals surface area contributed by atoms with Crippen LogP contribution in [-0.4, -0.2) is 17.7 Å². The standard InChI is InChI=1S/C18H26O3/c1-2-3-4-5-6-7-8-9-12-15-21-17-14-11-10-13-16(17)18(19)20/h2,10-11,13-14H,1,3-9,12,15H2,(H,19,20). The number of aromatic carboxylic acids is 1. The lowest BCUT2D eigenvalue weighted by molar-refractivity contribution is 0.0692. The monoisotopic (exact) mass is 290 g/mol. The van der Waals surface area contributed by atoms with E-state index < -0.39 is 5.97 Å². The zero-order valence-electron chi connectivity index (χ0n) is 12.7. The van der Waals surface area contributed by atoms with Gasteiger partial charge in [0, 0.05) is 0 Å². The molecule has 0 aliphatic heterocycles. The summed E-state index contributed by atoms with van der Waals surface area (Å²) < 4.78 is 5.57. The van der Waals surface area contributed by atoms with Crippen LogP contribution in [0.3, 0.4) is 0 Å². The molecule has 3 heteroatoms. The highest BCUT2D eigenvalue weighted by Crippen LogP contribution is 2.18. The number of carboxylic acid groups (broad SMARTS) is 1. The van der Waals surface area contributed by atoms with Gasteiger partial charge in [0.15, 0.2) is 0 Å². The van der Waals surface area contributed by atoms with E-state index in [0.29, 0.717) is 12.4 Å². The van der Waals surface area contributed by atoms with Crippen molar-refractivity contribution in [3.63, 3.8) is 0 Å². The van der Waals surface area contributed by atoms with E-state index in [1.54, 1.807) is 24.3 Å². The van der Waals surface area contributed by atoms with Crippen molar-refractivity contribution in [2.45, 2.75) is 51.4 Å². The molecule has 21 heavy (non-hydrogen) atoms. The normalized spacial score (nSPS) is 10.3. The minimum atomic E-state index is -0.940. The van der Waals surface area contributed by atoms with Crippen molar-refractivity contribution in [3.8, 4) is 5.75 Å². The molecular formula is C18H26O3. The van der Waals surface area contributed by atoms with Crippen molar-refractivity contribution in [2.24, 2.45) is 0 Å². The first-order valence-corrected chi connectivity index (χ1v) is 7.81. The largest absolute Gasteiger partial charge is 0.493 e. The first kappa shape index (κ1) is 17.3. The molecule has 0 saturated heterocycles. The quantitative estimate of drug-likeness (QED) is 0.432. The van der Waals surface area contributed by atoms with Gasteiger partial charge in [-0.1, -0.05) is 50.3 Å². The Morgan fingerprint density at radius 1 is 1.05 bits per heavy atom. The van der Waals surface area contributed by atoms with Crippen LogP contribution in [0.4, 0.5) is 0 Å². The Morgan fingerprint density at radius 3 is 2.33 bits per heavy atom. The Balaban J connectivity index is 2.07. The number of rotatable bonds is 12. The smallest absolute Gasteiger partial charge is 0.339 e. The molecule has 1 N–H and O–H groups in total. The number of carboxylic acids is 1. The third-order valence-corrected chi connectivity index (χ3v) is 3.43. The zero-order chi connectivity index (χ0) is 15.3. The maximum Gasteiger partial charge on any atom is 0.339 e. The molecule has 3 nitrogen and oxygen atoms in total. The molecule has 116 valence electrons. The number of carbonyl (C=O) groups is 1. The van der Waals surface area contributed by atoms with Gasteiger partial charge in [0.2, 0.25) is 0 Å². The summed E-state index contributed by atoms with van der Waals surface area (Å²) in [5.41, 5.74) is 0.236. The highest BCUT2D eigenvalue weighted by molar-refractivity contribution is 5.90. The number of para-hydroxylation sites is 1. The van der Waals surface area contributed by atoms with Crippen LogP contribution >= 0.6 is 0 Å². The minimum Gasteiger partial charge on any atom is -0.493 e. The molecule has 0 radical (unpaired) electrons. The second-order valence-corrected chi connectivity index (χ2v) is 5.20. The predicted octanol–water partition coefficient (Wildman–Crippen LogP) is 5.07. The van der Waals surface area contributed by atoms with Crippen molar-refractivity contribution < 1.29 is 14.6 Å². The lowest BCUT2D eigenvalue weighted by Gasteiger charge is -2.08. The van der Waals surface area contributed by atoms with E-state index in [0.717, 1.165) is 19.3 Å². The summed E-state index contributed by atoms with van der Waals surface area (Å²) >= 11 is 0. The Morgan fingerprint density at radius 2 is 1.67 bits per heavy atom. The van der Waals surface area contributed by atoms with Crippen LogP contribution in [0.5, 0.6) is 5.75 Å². The molecule has 0 unspecified atom stereocenters. The third-order valence-electron chi connectivity index (χ3n) is 3.43. The van der Waals surface area contributed by atoms with Crippen LogP contribution < -0.4 is 4.74 Å². The molecular weight excluding hydrogens is 264 g/mol. The summed E-state index contributed by atoms with van der Waals surface area (Å²) in [7, 11) is 0. The highest BCUT2D eigenvalue weighted by Gasteiger charge is 2.09. The van der Waals surface area contributed by atoms with Gasteiger partial charge in [0.05, 0.1) is 6.61 Å². The Hall–Kier alpha value is -1.77. The van der Waals surface area contributed by atoms with E-state index in [9.17, 15) is 4.79 Å². The summed E-state index contributed by atoms with van der Waals surface area (Å²) in [6.45, 7) is 4.30. The van der Waals surface area contributed by atoms with Crippen LogP contribution in [0.2, 0.25) is 0 Å². The van der Waals surface area contributed by atoms with Gasteiger partial charge in [-0.2, -0.15) is 0 Å². The first-order chi connectivity index (χ1) is 10.3. The average Bonchev–Trinajstić information content (AvgIpc) is 2.49. The van der Waals surface area contributed by atoms with Gasteiger partial charge in [-0.05, 0) is 31.4 Å². The first-order valence-electron chi connectivity index (χ1n) is 7.81. The summed E-state index contributed by atoms with van der Waals surface area (Å²) in [4.78, 5) is 11.0. The van der Waals surface area contributed by atoms with Crippen molar-refractivity contribution in [3.05, 3.63) is 42.5 Å². The molecule has 0 heterocycles. The van der Waals surface area contributed by atoms with Gasteiger partial charge in [-0.3, -0.25) is 0 Å². The fourth-order valence-corrected chi connectivity index (χ4v) is 2.23. The van der Waals surface area contributed by atoms with Gasteiger partial charge in [0.25, 0.3) is 0 Å². The van der Waals surface area contributed by atoms with Crippen molar-refractivity contribution in [1.29, 1.82) is 0 Å². The zero-order valence-corrected chi connectivity index (χ0v) is 12.7. The van der Waals surface area contributed by atoms with Crippen LogP contribution in [-0.2, 0) is 0 Å². The number of allylic oxidation sites excluding steroid dienone is 1. The average molecular weight is 290 g/mol. The van der Waals surface area contributed by atoms with E-state index in [2.05, 4.69) is 6.58 Å². The van der Waals surface area contributed by atoms with Crippen molar-refractivity contribution in [2.75, 3.05) is 6.61 Å². The number of hydrogen-bond acceptors (Lipinski definition) is 2. The molecule has 0 atom stereocenters. The maximum absolute atomic E-state index is 11.0. The molecule has 0 aliphatic rings. The highest BCUT2D eigenvalue weighted by atomic mass is 16.5. The van der Waals surface area contributed by atoms with Gasteiger partial charge in [-0.25, -0.2) is 4.79 Å².